The van der Waals surface area contributed by atoms with Gasteiger partial charge in [-0.05, 0) is 12.8 Å². The number of unbranched alkanes of at least 4 members (excludes halogenated alkanes) is 25. The molecular weight excluding hydrogens is 664 g/mol. The minimum Gasteiger partial charge on any atom is -0.462 e. The van der Waals surface area contributed by atoms with Crippen molar-refractivity contribution in [2.75, 3.05) is 19.8 Å². The first-order chi connectivity index (χ1) is 25.3. The van der Waals surface area contributed by atoms with Crippen molar-refractivity contribution < 1.29 is 49.0 Å². The number of carbonyl (C=O) groups excluding carboxylic acids is 2. The molecule has 0 saturated carbocycles. The van der Waals surface area contributed by atoms with Crippen molar-refractivity contribution in [2.45, 2.75) is 237 Å². The first-order valence-corrected chi connectivity index (χ1v) is 21.6. The zero-order chi connectivity index (χ0) is 38.1. The lowest BCUT2D eigenvalue weighted by Gasteiger charge is -2.39. The monoisotopic (exact) mass is 745 g/mol. The average molecular weight is 745 g/mol. The van der Waals surface area contributed by atoms with Gasteiger partial charge in [-0.15, -0.1) is 0 Å². The second-order valence-corrected chi connectivity index (χ2v) is 15.2. The van der Waals surface area contributed by atoms with Gasteiger partial charge in [-0.1, -0.05) is 174 Å². The maximum atomic E-state index is 12.7. The first-order valence-electron chi connectivity index (χ1n) is 21.6. The second-order valence-electron chi connectivity index (χ2n) is 15.2. The second kappa shape index (κ2) is 34.2. The van der Waals surface area contributed by atoms with Gasteiger partial charge in [-0.25, -0.2) is 0 Å². The van der Waals surface area contributed by atoms with Crippen molar-refractivity contribution in [1.29, 1.82) is 0 Å². The Hall–Kier alpha value is -1.30. The lowest BCUT2D eigenvalue weighted by molar-refractivity contribution is -0.305. The van der Waals surface area contributed by atoms with Gasteiger partial charge in [-0.3, -0.25) is 9.59 Å². The molecule has 0 radical (unpaired) electrons. The molecule has 1 rings (SSSR count). The normalized spacial score (nSPS) is 20.9. The van der Waals surface area contributed by atoms with E-state index in [0.29, 0.717) is 6.42 Å². The summed E-state index contributed by atoms with van der Waals surface area (Å²) in [5.74, 6) is -0.794. The van der Waals surface area contributed by atoms with Gasteiger partial charge in [0.25, 0.3) is 0 Å². The van der Waals surface area contributed by atoms with Crippen LogP contribution in [0.3, 0.4) is 0 Å². The summed E-state index contributed by atoms with van der Waals surface area (Å²) < 4.78 is 22.1. The van der Waals surface area contributed by atoms with E-state index in [2.05, 4.69) is 13.8 Å². The van der Waals surface area contributed by atoms with Gasteiger partial charge in [-0.2, -0.15) is 0 Å². The van der Waals surface area contributed by atoms with E-state index in [9.17, 15) is 30.0 Å². The molecule has 1 aliphatic heterocycles. The number of esters is 2. The molecule has 1 fully saturated rings. The highest BCUT2D eigenvalue weighted by atomic mass is 16.7. The van der Waals surface area contributed by atoms with Gasteiger partial charge < -0.3 is 39.4 Å². The summed E-state index contributed by atoms with van der Waals surface area (Å²) in [5, 5.41) is 40.0. The molecule has 1 heterocycles. The minimum absolute atomic E-state index is 0.209. The topological polar surface area (TPSA) is 152 Å². The van der Waals surface area contributed by atoms with Crippen LogP contribution in [0.5, 0.6) is 0 Å². The predicted octanol–water partition coefficient (Wildman–Crippen LogP) is 8.61. The predicted molar refractivity (Wildman–Crippen MR) is 206 cm³/mol. The van der Waals surface area contributed by atoms with Crippen molar-refractivity contribution in [3.8, 4) is 0 Å². The summed E-state index contributed by atoms with van der Waals surface area (Å²) in [6.45, 7) is 3.44. The number of rotatable bonds is 36. The van der Waals surface area contributed by atoms with Gasteiger partial charge in [0.2, 0.25) is 0 Å². The molecule has 10 heteroatoms. The van der Waals surface area contributed by atoms with E-state index in [1.165, 1.54) is 128 Å². The Kier molecular flexibility index (Phi) is 32.1. The Bertz CT molecular complexity index is 825. The average Bonchev–Trinajstić information content (AvgIpc) is 3.14. The van der Waals surface area contributed by atoms with Crippen LogP contribution in [-0.2, 0) is 28.5 Å². The molecule has 1 saturated heterocycles. The fourth-order valence-electron chi connectivity index (χ4n) is 6.78. The van der Waals surface area contributed by atoms with E-state index < -0.39 is 49.4 Å². The van der Waals surface area contributed by atoms with Crippen LogP contribution in [0.15, 0.2) is 0 Å². The number of hydrogen-bond donors (Lipinski definition) is 4. The molecule has 0 aliphatic carbocycles. The molecule has 308 valence electrons. The van der Waals surface area contributed by atoms with Gasteiger partial charge in [0.05, 0.1) is 13.2 Å². The lowest BCUT2D eigenvalue weighted by atomic mass is 9.99. The fourth-order valence-corrected chi connectivity index (χ4v) is 6.78. The van der Waals surface area contributed by atoms with Crippen LogP contribution in [0.2, 0.25) is 0 Å². The van der Waals surface area contributed by atoms with Gasteiger partial charge in [0, 0.05) is 12.8 Å². The minimum atomic E-state index is -1.59. The molecule has 0 bridgehead atoms. The maximum absolute atomic E-state index is 12.7. The van der Waals surface area contributed by atoms with Crippen molar-refractivity contribution in [2.24, 2.45) is 0 Å². The third-order valence-electron chi connectivity index (χ3n) is 10.2. The lowest BCUT2D eigenvalue weighted by Crippen LogP contribution is -2.59. The Morgan fingerprint density at radius 2 is 0.904 bits per heavy atom. The standard InChI is InChI=1S/C42H80O10/c1-3-5-7-9-11-13-15-17-18-19-21-23-25-27-29-31-38(45)51-35(34-50-42-41(48)40(47)39(46)36(32-43)52-42)33-49-37(44)30-28-26-24-22-20-16-14-12-10-8-6-4-2/h35-36,39-43,46-48H,3-34H2,1-2H3/t35-,36-,39+,40?,41?,42-/m1/s1. The van der Waals surface area contributed by atoms with E-state index in [1.807, 2.05) is 0 Å². The molecule has 6 atom stereocenters. The van der Waals surface area contributed by atoms with Crippen LogP contribution in [0, 0.1) is 0 Å². The van der Waals surface area contributed by atoms with Gasteiger partial charge >= 0.3 is 11.9 Å². The van der Waals surface area contributed by atoms with E-state index in [-0.39, 0.29) is 32.0 Å². The molecule has 1 aliphatic rings. The van der Waals surface area contributed by atoms with Crippen LogP contribution >= 0.6 is 0 Å². The summed E-state index contributed by atoms with van der Waals surface area (Å²) in [7, 11) is 0. The Balaban J connectivity index is 2.33. The molecule has 0 aromatic rings. The summed E-state index contributed by atoms with van der Waals surface area (Å²) in [5.41, 5.74) is 0. The van der Waals surface area contributed by atoms with Crippen LogP contribution < -0.4 is 0 Å². The number of carbonyl (C=O) groups is 2. The fraction of sp³-hybridized carbons (Fsp3) is 0.952. The summed E-state index contributed by atoms with van der Waals surface area (Å²) in [6.07, 6.45) is 25.3. The van der Waals surface area contributed by atoms with Crippen LogP contribution in [0.25, 0.3) is 0 Å². The van der Waals surface area contributed by atoms with Crippen LogP contribution in [0.1, 0.15) is 200 Å². The summed E-state index contributed by atoms with van der Waals surface area (Å²) in [6, 6.07) is 0. The molecule has 0 aromatic heterocycles. The summed E-state index contributed by atoms with van der Waals surface area (Å²) in [4.78, 5) is 25.2. The highest BCUT2D eigenvalue weighted by Crippen LogP contribution is 2.23. The molecular formula is C42H80O10. The molecule has 4 N–H and O–H groups in total. The summed E-state index contributed by atoms with van der Waals surface area (Å²) >= 11 is 0. The molecule has 0 spiro atoms. The quantitative estimate of drug-likeness (QED) is 0.0363. The van der Waals surface area contributed by atoms with Gasteiger partial charge in [0.15, 0.2) is 12.4 Å². The Morgan fingerprint density at radius 1 is 0.519 bits per heavy atom. The van der Waals surface area contributed by atoms with Crippen molar-refractivity contribution in [3.05, 3.63) is 0 Å². The third-order valence-corrected chi connectivity index (χ3v) is 10.2. The molecule has 0 amide bonds. The number of aliphatic hydroxyl groups excluding tert-OH is 4. The SMILES string of the molecule is CCCCCCCCCCCCCCCCCC(=O)O[C@H](COC(=O)CCCCCCCCCCCCCC)CO[C@@H]1O[C@H](CO)[C@H](O)C(O)C1O. The number of ether oxygens (including phenoxy) is 4. The zero-order valence-electron chi connectivity index (χ0n) is 33.3. The largest absolute Gasteiger partial charge is 0.462 e. The zero-order valence-corrected chi connectivity index (χ0v) is 33.3. The van der Waals surface area contributed by atoms with E-state index in [1.54, 1.807) is 0 Å². The van der Waals surface area contributed by atoms with Crippen LogP contribution in [0.4, 0.5) is 0 Å². The Labute approximate surface area is 317 Å². The van der Waals surface area contributed by atoms with E-state index >= 15 is 0 Å². The van der Waals surface area contributed by atoms with E-state index in [0.717, 1.165) is 38.5 Å². The third kappa shape index (κ3) is 25.7. The van der Waals surface area contributed by atoms with Crippen molar-refractivity contribution in [1.82, 2.24) is 0 Å². The first kappa shape index (κ1) is 48.7. The Morgan fingerprint density at radius 3 is 1.31 bits per heavy atom. The molecule has 0 aromatic carbocycles. The van der Waals surface area contributed by atoms with Crippen LogP contribution in [-0.4, -0.2) is 89.0 Å². The molecule has 2 unspecified atom stereocenters. The smallest absolute Gasteiger partial charge is 0.306 e. The van der Waals surface area contributed by atoms with Crippen molar-refractivity contribution >= 4 is 11.9 Å². The molecule has 52 heavy (non-hydrogen) atoms. The van der Waals surface area contributed by atoms with Crippen molar-refractivity contribution in [3.63, 3.8) is 0 Å². The highest BCUT2D eigenvalue weighted by molar-refractivity contribution is 5.70. The number of aliphatic hydroxyl groups is 4. The maximum Gasteiger partial charge on any atom is 0.306 e. The highest BCUT2D eigenvalue weighted by Gasteiger charge is 2.44. The molecule has 10 nitrogen and oxygen atoms in total. The number of hydrogen-bond acceptors (Lipinski definition) is 10. The van der Waals surface area contributed by atoms with E-state index in [4.69, 9.17) is 18.9 Å². The van der Waals surface area contributed by atoms with Gasteiger partial charge in [0.1, 0.15) is 31.0 Å².